The van der Waals surface area contributed by atoms with E-state index in [1.807, 2.05) is 0 Å². The van der Waals surface area contributed by atoms with Crippen LogP contribution in [0, 0.1) is 0 Å². The summed E-state index contributed by atoms with van der Waals surface area (Å²) >= 11 is 1.27. The second kappa shape index (κ2) is 3.45. The van der Waals surface area contributed by atoms with Gasteiger partial charge in [-0.2, -0.15) is 0 Å². The molecule has 0 aliphatic carbocycles. The Morgan fingerprint density at radius 1 is 1.91 bits per heavy atom. The Kier molecular flexibility index (Phi) is 2.56. The molecule has 0 aliphatic heterocycles. The summed E-state index contributed by atoms with van der Waals surface area (Å²) in [5.41, 5.74) is 1.57. The Bertz CT molecular complexity index is 234. The summed E-state index contributed by atoms with van der Waals surface area (Å²) in [4.78, 5) is 14.8. The van der Waals surface area contributed by atoms with Crippen LogP contribution in [0.25, 0.3) is 0 Å². The number of methoxy groups -OCH3 is 1. The highest BCUT2D eigenvalue weighted by molar-refractivity contribution is 7.09. The summed E-state index contributed by atoms with van der Waals surface area (Å²) < 4.78 is 4.73. The molecule has 0 saturated carbocycles. The Hall–Kier alpha value is -0.940. The van der Waals surface area contributed by atoms with Gasteiger partial charge in [-0.3, -0.25) is 4.98 Å². The van der Waals surface area contributed by atoms with E-state index in [1.54, 1.807) is 5.51 Å². The fourth-order valence-electron chi connectivity index (χ4n) is 0.694. The quantitative estimate of drug-likeness (QED) is 0.738. The number of ether oxygens (including phenoxy) is 1. The predicted octanol–water partition coefficient (Wildman–Crippen LogP) is 0.915. The molecule has 1 rings (SSSR count). The average Bonchev–Trinajstić information content (AvgIpc) is 2.40. The van der Waals surface area contributed by atoms with Crippen molar-refractivity contribution in [3.8, 4) is 0 Å². The van der Waals surface area contributed by atoms with Crippen LogP contribution in [0.1, 0.15) is 11.0 Å². The Morgan fingerprint density at radius 3 is 3.00 bits per heavy atom. The average molecular weight is 173 g/mol. The van der Waals surface area contributed by atoms with Crippen molar-refractivity contribution in [1.29, 1.82) is 0 Å². The Morgan fingerprint density at radius 2 is 2.64 bits per heavy atom. The topological polar surface area (TPSA) is 59.4 Å². The first-order valence-corrected chi connectivity index (χ1v) is 3.77. The highest BCUT2D eigenvalue weighted by atomic mass is 32.1. The second-order valence-corrected chi connectivity index (χ2v) is 2.78. The fourth-order valence-corrected chi connectivity index (χ4v) is 1.38. The smallest absolute Gasteiger partial charge is 0.338 e. The van der Waals surface area contributed by atoms with E-state index in [1.165, 1.54) is 24.6 Å². The number of aliphatic carboxylic acids is 1. The summed E-state index contributed by atoms with van der Waals surface area (Å²) in [5, 5.41) is 8.60. The Labute approximate surface area is 67.5 Å². The largest absolute Gasteiger partial charge is 0.479 e. The van der Waals surface area contributed by atoms with Crippen molar-refractivity contribution < 1.29 is 14.6 Å². The maximum atomic E-state index is 10.5. The highest BCUT2D eigenvalue weighted by Crippen LogP contribution is 2.19. The first-order chi connectivity index (χ1) is 5.25. The van der Waals surface area contributed by atoms with Gasteiger partial charge in [0.25, 0.3) is 0 Å². The lowest BCUT2D eigenvalue weighted by molar-refractivity contribution is -0.148. The fraction of sp³-hybridized carbons (Fsp3) is 0.333. The van der Waals surface area contributed by atoms with Gasteiger partial charge in [0.2, 0.25) is 0 Å². The number of aromatic nitrogens is 1. The zero-order chi connectivity index (χ0) is 8.27. The van der Waals surface area contributed by atoms with Gasteiger partial charge in [-0.05, 0) is 0 Å². The van der Waals surface area contributed by atoms with E-state index in [9.17, 15) is 4.79 Å². The van der Waals surface area contributed by atoms with Crippen molar-refractivity contribution in [2.24, 2.45) is 0 Å². The minimum Gasteiger partial charge on any atom is -0.479 e. The third-order valence-corrected chi connectivity index (χ3v) is 1.99. The van der Waals surface area contributed by atoms with Crippen LogP contribution in [0.2, 0.25) is 0 Å². The van der Waals surface area contributed by atoms with E-state index in [0.29, 0.717) is 4.88 Å². The van der Waals surface area contributed by atoms with E-state index >= 15 is 0 Å². The van der Waals surface area contributed by atoms with Crippen LogP contribution in [0.3, 0.4) is 0 Å². The molecule has 0 spiro atoms. The predicted molar refractivity (Wildman–Crippen MR) is 39.5 cm³/mol. The molecule has 11 heavy (non-hydrogen) atoms. The molecule has 1 N–H and O–H groups in total. The van der Waals surface area contributed by atoms with Gasteiger partial charge in [0.1, 0.15) is 0 Å². The molecule has 1 heterocycles. The molecule has 0 bridgehead atoms. The lowest BCUT2D eigenvalue weighted by Crippen LogP contribution is -2.11. The highest BCUT2D eigenvalue weighted by Gasteiger charge is 2.19. The summed E-state index contributed by atoms with van der Waals surface area (Å²) in [6.07, 6.45) is 0.620. The van der Waals surface area contributed by atoms with Crippen LogP contribution in [0.5, 0.6) is 0 Å². The number of carboxylic acid groups (broad SMARTS) is 1. The van der Waals surface area contributed by atoms with Crippen LogP contribution in [0.4, 0.5) is 0 Å². The van der Waals surface area contributed by atoms with E-state index in [-0.39, 0.29) is 0 Å². The summed E-state index contributed by atoms with van der Waals surface area (Å²) in [7, 11) is 1.36. The molecule has 0 fully saturated rings. The van der Waals surface area contributed by atoms with Crippen molar-refractivity contribution in [1.82, 2.24) is 4.98 Å². The van der Waals surface area contributed by atoms with Crippen molar-refractivity contribution in [3.63, 3.8) is 0 Å². The molecular formula is C6H7NO3S. The minimum absolute atomic E-state index is 0.611. The van der Waals surface area contributed by atoms with Crippen molar-refractivity contribution >= 4 is 17.3 Å². The third kappa shape index (κ3) is 1.75. The number of hydrogen-bond acceptors (Lipinski definition) is 4. The van der Waals surface area contributed by atoms with Crippen LogP contribution in [-0.2, 0) is 9.53 Å². The number of thiazole rings is 1. The van der Waals surface area contributed by atoms with Crippen molar-refractivity contribution in [2.75, 3.05) is 7.11 Å². The van der Waals surface area contributed by atoms with Gasteiger partial charge in [0.15, 0.2) is 6.10 Å². The van der Waals surface area contributed by atoms with Gasteiger partial charge in [-0.15, -0.1) is 11.3 Å². The molecule has 1 aromatic heterocycles. The number of carboxylic acids is 1. The standard InChI is InChI=1S/C6H7NO3S/c1-10-5(6(8)9)4-2-7-3-11-4/h2-3,5H,1H3,(H,8,9). The number of rotatable bonds is 3. The van der Waals surface area contributed by atoms with Crippen LogP contribution in [0.15, 0.2) is 11.7 Å². The molecule has 60 valence electrons. The van der Waals surface area contributed by atoms with Gasteiger partial charge in [-0.1, -0.05) is 0 Å². The zero-order valence-electron chi connectivity index (χ0n) is 5.85. The summed E-state index contributed by atoms with van der Waals surface area (Å²) in [5.74, 6) is -0.989. The van der Waals surface area contributed by atoms with Crippen LogP contribution >= 0.6 is 11.3 Å². The molecule has 1 unspecified atom stereocenters. The molecule has 0 aliphatic rings. The molecule has 5 heteroatoms. The maximum absolute atomic E-state index is 10.5. The monoisotopic (exact) mass is 173 g/mol. The van der Waals surface area contributed by atoms with Gasteiger partial charge in [0, 0.05) is 13.3 Å². The van der Waals surface area contributed by atoms with Crippen molar-refractivity contribution in [3.05, 3.63) is 16.6 Å². The molecule has 4 nitrogen and oxygen atoms in total. The van der Waals surface area contributed by atoms with E-state index in [2.05, 4.69) is 4.98 Å². The minimum atomic E-state index is -0.989. The lowest BCUT2D eigenvalue weighted by Gasteiger charge is -2.05. The van der Waals surface area contributed by atoms with E-state index in [4.69, 9.17) is 9.84 Å². The number of hydrogen-bond donors (Lipinski definition) is 1. The maximum Gasteiger partial charge on any atom is 0.338 e. The molecule has 1 atom stereocenters. The van der Waals surface area contributed by atoms with Gasteiger partial charge >= 0.3 is 5.97 Å². The Balaban J connectivity index is 2.79. The van der Waals surface area contributed by atoms with E-state index < -0.39 is 12.1 Å². The van der Waals surface area contributed by atoms with Crippen LogP contribution < -0.4 is 0 Å². The van der Waals surface area contributed by atoms with Crippen LogP contribution in [-0.4, -0.2) is 23.2 Å². The van der Waals surface area contributed by atoms with Crippen molar-refractivity contribution in [2.45, 2.75) is 6.10 Å². The van der Waals surface area contributed by atoms with Gasteiger partial charge < -0.3 is 9.84 Å². The normalized spacial score (nSPS) is 12.8. The molecule has 0 saturated heterocycles. The summed E-state index contributed by atoms with van der Waals surface area (Å²) in [6, 6.07) is 0. The lowest BCUT2D eigenvalue weighted by atomic mass is 10.3. The van der Waals surface area contributed by atoms with E-state index in [0.717, 1.165) is 0 Å². The molecular weight excluding hydrogens is 166 g/mol. The molecule has 0 amide bonds. The zero-order valence-corrected chi connectivity index (χ0v) is 6.67. The first kappa shape index (κ1) is 8.16. The molecule has 0 aromatic carbocycles. The summed E-state index contributed by atoms with van der Waals surface area (Å²) in [6.45, 7) is 0. The van der Waals surface area contributed by atoms with Gasteiger partial charge in [0.05, 0.1) is 10.4 Å². The SMILES string of the molecule is COC(C(=O)O)c1cncs1. The second-order valence-electron chi connectivity index (χ2n) is 1.86. The number of carbonyl (C=O) groups is 1. The number of nitrogens with zero attached hydrogens (tertiary/aromatic N) is 1. The molecule has 1 aromatic rings. The molecule has 0 radical (unpaired) electrons. The first-order valence-electron chi connectivity index (χ1n) is 2.89. The van der Waals surface area contributed by atoms with Gasteiger partial charge in [-0.25, -0.2) is 4.79 Å². The third-order valence-electron chi connectivity index (χ3n) is 1.17.